The maximum atomic E-state index is 14.3. The van der Waals surface area contributed by atoms with Crippen LogP contribution in [0, 0.1) is 17.8 Å². The summed E-state index contributed by atoms with van der Waals surface area (Å²) in [6.07, 6.45) is 6.91. The SMILES string of the molecule is CC(C)C[C@H](CO)N1C(=O)[C@@H]2[C@H]3C(=O)O[C@H](C)CNC(=O)CC/C=C\[C@H]3O[C@@]23C=CCN(C(C)C)C(=O)[C@@H]13. The quantitative estimate of drug-likeness (QED) is 0.403. The number of hydrogen-bond donors (Lipinski definition) is 2. The van der Waals surface area contributed by atoms with Gasteiger partial charge in [-0.2, -0.15) is 0 Å². The molecule has 210 valence electrons. The summed E-state index contributed by atoms with van der Waals surface area (Å²) in [6.45, 7) is 9.71. The molecule has 3 amide bonds. The molecule has 0 radical (unpaired) electrons. The maximum absolute atomic E-state index is 14.3. The molecule has 4 heterocycles. The van der Waals surface area contributed by atoms with Gasteiger partial charge in [0.15, 0.2) is 0 Å². The molecule has 0 aliphatic carbocycles. The Morgan fingerprint density at radius 3 is 2.53 bits per heavy atom. The highest BCUT2D eigenvalue weighted by molar-refractivity contribution is 5.99. The Morgan fingerprint density at radius 2 is 1.87 bits per heavy atom. The summed E-state index contributed by atoms with van der Waals surface area (Å²) in [5, 5.41) is 13.1. The number of fused-ring (bicyclic) bond motifs is 2. The van der Waals surface area contributed by atoms with E-state index in [0.29, 0.717) is 19.4 Å². The van der Waals surface area contributed by atoms with Crippen molar-refractivity contribution in [2.24, 2.45) is 17.8 Å². The summed E-state index contributed by atoms with van der Waals surface area (Å²) >= 11 is 0. The van der Waals surface area contributed by atoms with Crippen LogP contribution in [0.15, 0.2) is 24.3 Å². The fourth-order valence-corrected chi connectivity index (χ4v) is 6.30. The molecule has 4 aliphatic rings. The Bertz CT molecular complexity index is 1010. The van der Waals surface area contributed by atoms with Gasteiger partial charge in [-0.1, -0.05) is 38.2 Å². The van der Waals surface area contributed by atoms with Crippen LogP contribution in [0.4, 0.5) is 0 Å². The van der Waals surface area contributed by atoms with Crippen LogP contribution in [0.25, 0.3) is 0 Å². The molecule has 7 atom stereocenters. The van der Waals surface area contributed by atoms with Crippen molar-refractivity contribution in [3.05, 3.63) is 24.3 Å². The lowest BCUT2D eigenvalue weighted by Gasteiger charge is -2.39. The van der Waals surface area contributed by atoms with Gasteiger partial charge in [-0.05, 0) is 39.5 Å². The standard InChI is InChI=1S/C28H41N3O7/c1-16(2)13-19(15-32)31-24-26(35)30(17(3)4)12-8-11-28(24)23(25(31)34)22-20(38-28)9-6-7-10-21(33)29-14-18(5)37-27(22)36/h6,8-9,11,16-20,22-24,32H,7,10,12-15H2,1-5H3,(H,29,33)/b9-6-/t18-,19-,20-,22+,23+,24-,28+/m1/s1. The number of amides is 3. The molecule has 0 aromatic rings. The van der Waals surface area contributed by atoms with Crippen LogP contribution in [0.1, 0.15) is 53.9 Å². The number of carbonyl (C=O) groups is 4. The molecule has 2 fully saturated rings. The first-order valence-electron chi connectivity index (χ1n) is 13.7. The zero-order valence-electron chi connectivity index (χ0n) is 23.0. The van der Waals surface area contributed by atoms with Gasteiger partial charge >= 0.3 is 5.97 Å². The van der Waals surface area contributed by atoms with Crippen LogP contribution in [0.5, 0.6) is 0 Å². The lowest BCUT2D eigenvalue weighted by molar-refractivity contribution is -0.160. The topological polar surface area (TPSA) is 125 Å². The molecular weight excluding hydrogens is 490 g/mol. The van der Waals surface area contributed by atoms with Gasteiger partial charge in [-0.3, -0.25) is 19.2 Å². The van der Waals surface area contributed by atoms with E-state index in [4.69, 9.17) is 9.47 Å². The normalized spacial score (nSPS) is 35.6. The number of hydrogen-bond acceptors (Lipinski definition) is 7. The predicted molar refractivity (Wildman–Crippen MR) is 138 cm³/mol. The van der Waals surface area contributed by atoms with Gasteiger partial charge in [-0.25, -0.2) is 0 Å². The first-order chi connectivity index (χ1) is 18.0. The van der Waals surface area contributed by atoms with Crippen molar-refractivity contribution in [2.75, 3.05) is 19.7 Å². The molecule has 10 nitrogen and oxygen atoms in total. The van der Waals surface area contributed by atoms with Crippen LogP contribution in [0.2, 0.25) is 0 Å². The number of aliphatic hydroxyl groups is 1. The second-order valence-corrected chi connectivity index (χ2v) is 11.6. The molecule has 38 heavy (non-hydrogen) atoms. The van der Waals surface area contributed by atoms with E-state index in [1.807, 2.05) is 33.8 Å². The third kappa shape index (κ3) is 5.00. The molecule has 10 heteroatoms. The highest BCUT2D eigenvalue weighted by Crippen LogP contribution is 2.54. The van der Waals surface area contributed by atoms with E-state index in [2.05, 4.69) is 5.32 Å². The predicted octanol–water partition coefficient (Wildman–Crippen LogP) is 1.18. The monoisotopic (exact) mass is 531 g/mol. The van der Waals surface area contributed by atoms with E-state index >= 15 is 0 Å². The number of nitrogens with zero attached hydrogens (tertiary/aromatic N) is 2. The molecule has 4 rings (SSSR count). The molecule has 2 saturated heterocycles. The minimum atomic E-state index is -1.39. The van der Waals surface area contributed by atoms with Crippen LogP contribution >= 0.6 is 0 Å². The highest BCUT2D eigenvalue weighted by Gasteiger charge is 2.72. The number of allylic oxidation sites excluding steroid dienone is 1. The first-order valence-corrected chi connectivity index (χ1v) is 13.7. The van der Waals surface area contributed by atoms with E-state index in [9.17, 15) is 24.3 Å². The zero-order chi connectivity index (χ0) is 27.8. The van der Waals surface area contributed by atoms with Crippen molar-refractivity contribution in [3.8, 4) is 0 Å². The number of cyclic esters (lactones) is 1. The Morgan fingerprint density at radius 1 is 1.13 bits per heavy atom. The van der Waals surface area contributed by atoms with Crippen molar-refractivity contribution in [1.29, 1.82) is 0 Å². The third-order valence-electron chi connectivity index (χ3n) is 7.97. The molecule has 1 spiro atoms. The van der Waals surface area contributed by atoms with Gasteiger partial charge in [0.25, 0.3) is 0 Å². The second kappa shape index (κ2) is 11.2. The number of aliphatic hydroxyl groups excluding tert-OH is 1. The molecule has 0 bridgehead atoms. The van der Waals surface area contributed by atoms with E-state index in [-0.39, 0.29) is 49.3 Å². The second-order valence-electron chi connectivity index (χ2n) is 11.6. The number of likely N-dealkylation sites (tertiary alicyclic amines) is 1. The number of rotatable bonds is 5. The Labute approximate surface area is 224 Å². The molecular formula is C28H41N3O7. The zero-order valence-corrected chi connectivity index (χ0v) is 23.0. The molecule has 4 aliphatic heterocycles. The lowest BCUT2D eigenvalue weighted by atomic mass is 9.78. The van der Waals surface area contributed by atoms with Crippen molar-refractivity contribution in [1.82, 2.24) is 15.1 Å². The fraction of sp³-hybridized carbons (Fsp3) is 0.714. The van der Waals surface area contributed by atoms with Crippen molar-refractivity contribution in [2.45, 2.75) is 89.8 Å². The maximum Gasteiger partial charge on any atom is 0.313 e. The van der Waals surface area contributed by atoms with Crippen molar-refractivity contribution in [3.63, 3.8) is 0 Å². The third-order valence-corrected chi connectivity index (χ3v) is 7.97. The summed E-state index contributed by atoms with van der Waals surface area (Å²) in [7, 11) is 0. The van der Waals surface area contributed by atoms with Crippen LogP contribution < -0.4 is 5.32 Å². The van der Waals surface area contributed by atoms with E-state index in [0.717, 1.165) is 0 Å². The van der Waals surface area contributed by atoms with Gasteiger partial charge in [0.1, 0.15) is 23.7 Å². The minimum absolute atomic E-state index is 0.124. The highest BCUT2D eigenvalue weighted by atomic mass is 16.6. The van der Waals surface area contributed by atoms with Gasteiger partial charge < -0.3 is 29.7 Å². The average molecular weight is 532 g/mol. The minimum Gasteiger partial charge on any atom is -0.460 e. The summed E-state index contributed by atoms with van der Waals surface area (Å²) in [5.41, 5.74) is -1.39. The van der Waals surface area contributed by atoms with Gasteiger partial charge in [0.2, 0.25) is 17.7 Å². The van der Waals surface area contributed by atoms with Gasteiger partial charge in [-0.15, -0.1) is 0 Å². The van der Waals surface area contributed by atoms with Crippen LogP contribution in [0.3, 0.4) is 0 Å². The van der Waals surface area contributed by atoms with Gasteiger partial charge in [0, 0.05) is 19.0 Å². The smallest absolute Gasteiger partial charge is 0.313 e. The van der Waals surface area contributed by atoms with E-state index in [1.54, 1.807) is 30.1 Å². The molecule has 2 N–H and O–H groups in total. The largest absolute Gasteiger partial charge is 0.460 e. The molecule has 0 saturated carbocycles. The van der Waals surface area contributed by atoms with E-state index < -0.39 is 47.7 Å². The van der Waals surface area contributed by atoms with Crippen LogP contribution in [-0.2, 0) is 28.7 Å². The lowest BCUT2D eigenvalue weighted by Crippen LogP contribution is -2.59. The number of nitrogens with one attached hydrogen (secondary N) is 1. The van der Waals surface area contributed by atoms with Crippen LogP contribution in [-0.4, -0.2) is 94.2 Å². The number of carbonyl (C=O) groups excluding carboxylic acids is 4. The Kier molecular flexibility index (Phi) is 8.32. The first kappa shape index (κ1) is 28.3. The average Bonchev–Trinajstić information content (AvgIpc) is 3.23. The fourth-order valence-electron chi connectivity index (χ4n) is 6.30. The molecule has 0 unspecified atom stereocenters. The number of esters is 1. The van der Waals surface area contributed by atoms with E-state index in [1.165, 1.54) is 4.90 Å². The Hall–Kier alpha value is -2.72. The van der Waals surface area contributed by atoms with Crippen molar-refractivity contribution < 1.29 is 33.8 Å². The van der Waals surface area contributed by atoms with Gasteiger partial charge in [0.05, 0.1) is 31.2 Å². The molecule has 0 aromatic carbocycles. The number of ether oxygens (including phenoxy) is 2. The molecule has 0 aromatic heterocycles. The summed E-state index contributed by atoms with van der Waals surface area (Å²) < 4.78 is 12.3. The summed E-state index contributed by atoms with van der Waals surface area (Å²) in [5.74, 6) is -3.21. The summed E-state index contributed by atoms with van der Waals surface area (Å²) in [4.78, 5) is 57.3. The Balaban J connectivity index is 1.83. The van der Waals surface area contributed by atoms with Crippen molar-refractivity contribution >= 4 is 23.7 Å². The summed E-state index contributed by atoms with van der Waals surface area (Å²) in [6, 6.07) is -1.75.